The second-order valence-electron chi connectivity index (χ2n) is 9.39. The summed E-state index contributed by atoms with van der Waals surface area (Å²) in [4.78, 5) is 38.4. The van der Waals surface area contributed by atoms with Gasteiger partial charge >= 0.3 is 6.03 Å². The lowest BCUT2D eigenvalue weighted by Gasteiger charge is -2.35. The van der Waals surface area contributed by atoms with Crippen molar-refractivity contribution in [2.45, 2.75) is 44.0 Å². The van der Waals surface area contributed by atoms with Crippen LogP contribution in [0.3, 0.4) is 0 Å². The van der Waals surface area contributed by atoms with E-state index in [1.54, 1.807) is 17.0 Å². The quantitative estimate of drug-likeness (QED) is 0.657. The molecule has 0 spiro atoms. The summed E-state index contributed by atoms with van der Waals surface area (Å²) in [7, 11) is -3.69. The summed E-state index contributed by atoms with van der Waals surface area (Å²) in [6.45, 7) is 5.92. The Balaban J connectivity index is 1.51. The topological polar surface area (TPSA) is 116 Å². The van der Waals surface area contributed by atoms with Gasteiger partial charge in [0.25, 0.3) is 11.8 Å². The third kappa shape index (κ3) is 4.52. The number of piperidine rings is 2. The molecule has 0 aromatic heterocycles. The summed E-state index contributed by atoms with van der Waals surface area (Å²) in [6, 6.07) is 5.05. The predicted molar refractivity (Wildman–Crippen MR) is 117 cm³/mol. The van der Waals surface area contributed by atoms with Gasteiger partial charge < -0.3 is 10.2 Å². The molecule has 4 amide bonds. The third-order valence-electron chi connectivity index (χ3n) is 6.58. The number of benzene rings is 1. The lowest BCUT2D eigenvalue weighted by Crippen LogP contribution is -2.48. The largest absolute Gasteiger partial charge is 0.338 e. The highest BCUT2D eigenvalue weighted by molar-refractivity contribution is 7.89. The van der Waals surface area contributed by atoms with Crippen LogP contribution in [0.25, 0.3) is 0 Å². The number of amides is 4. The average Bonchev–Trinajstić information content (AvgIpc) is 3.10. The van der Waals surface area contributed by atoms with E-state index in [0.29, 0.717) is 38.2 Å². The molecule has 0 aliphatic carbocycles. The lowest BCUT2D eigenvalue weighted by molar-refractivity contribution is -0.121. The van der Waals surface area contributed by atoms with Crippen LogP contribution in [-0.4, -0.2) is 67.7 Å². The Kier molecular flexibility index (Phi) is 6.26. The van der Waals surface area contributed by atoms with Crippen LogP contribution in [-0.2, 0) is 14.8 Å². The molecule has 2 N–H and O–H groups in total. The Morgan fingerprint density at radius 3 is 2.47 bits per heavy atom. The zero-order valence-corrected chi connectivity index (χ0v) is 19.2. The number of urea groups is 1. The number of rotatable bonds is 4. The van der Waals surface area contributed by atoms with Crippen molar-refractivity contribution in [2.75, 3.05) is 26.2 Å². The standard InChI is InChI=1S/C22H30N4O5S/c1-14-9-15(2)12-26(11-14)32(30,31)18-7-3-5-16(10-18)21(28)25-8-4-6-17(13-25)19-20(27)24-22(29)23-19/h3,5,7,10,14-15,17,19H,4,6,8-9,11-13H2,1-2H3,(H2,23,24,27,29)/t14-,15+,17-,19-/m0/s1. The van der Waals surface area contributed by atoms with Crippen molar-refractivity contribution >= 4 is 27.9 Å². The van der Waals surface area contributed by atoms with E-state index in [1.165, 1.54) is 16.4 Å². The summed E-state index contributed by atoms with van der Waals surface area (Å²) in [6.07, 6.45) is 2.43. The van der Waals surface area contributed by atoms with E-state index in [0.717, 1.165) is 12.8 Å². The van der Waals surface area contributed by atoms with Gasteiger partial charge in [0.05, 0.1) is 4.90 Å². The first-order valence-electron chi connectivity index (χ1n) is 11.2. The third-order valence-corrected chi connectivity index (χ3v) is 8.40. The molecule has 4 rings (SSSR count). The minimum atomic E-state index is -3.69. The highest BCUT2D eigenvalue weighted by Gasteiger charge is 2.39. The van der Waals surface area contributed by atoms with E-state index >= 15 is 0 Å². The lowest BCUT2D eigenvalue weighted by atomic mass is 9.90. The van der Waals surface area contributed by atoms with Crippen LogP contribution in [0.4, 0.5) is 4.79 Å². The number of carbonyl (C=O) groups excluding carboxylic acids is 3. The van der Waals surface area contributed by atoms with Crippen molar-refractivity contribution in [3.05, 3.63) is 29.8 Å². The fraction of sp³-hybridized carbons (Fsp3) is 0.591. The Bertz CT molecular complexity index is 1020. The molecule has 0 radical (unpaired) electrons. The molecule has 0 bridgehead atoms. The number of hydrogen-bond donors (Lipinski definition) is 2. The maximum Gasteiger partial charge on any atom is 0.322 e. The number of nitrogens with one attached hydrogen (secondary N) is 2. The summed E-state index contributed by atoms with van der Waals surface area (Å²) in [5, 5.41) is 4.86. The van der Waals surface area contributed by atoms with Crippen LogP contribution in [0.2, 0.25) is 0 Å². The SMILES string of the molecule is C[C@@H]1C[C@H](C)CN(S(=O)(=O)c2cccc(C(=O)N3CCC[C@H]([C@@H]4NC(=O)NC4=O)C3)c2)C1. The molecule has 3 saturated heterocycles. The van der Waals surface area contributed by atoms with Crippen LogP contribution in [0.1, 0.15) is 43.5 Å². The van der Waals surface area contributed by atoms with Gasteiger partial charge in [0.2, 0.25) is 10.0 Å². The predicted octanol–water partition coefficient (Wildman–Crippen LogP) is 1.41. The number of sulfonamides is 1. The van der Waals surface area contributed by atoms with Gasteiger partial charge in [0, 0.05) is 37.7 Å². The van der Waals surface area contributed by atoms with Crippen LogP contribution < -0.4 is 10.6 Å². The normalized spacial score (nSPS) is 29.5. The van der Waals surface area contributed by atoms with Crippen molar-refractivity contribution in [2.24, 2.45) is 17.8 Å². The second kappa shape index (κ2) is 8.82. The zero-order valence-electron chi connectivity index (χ0n) is 18.4. The van der Waals surface area contributed by atoms with Crippen molar-refractivity contribution in [1.29, 1.82) is 0 Å². The van der Waals surface area contributed by atoms with Crippen LogP contribution in [0, 0.1) is 17.8 Å². The molecule has 3 aliphatic heterocycles. The van der Waals surface area contributed by atoms with Crippen molar-refractivity contribution in [3.63, 3.8) is 0 Å². The smallest absolute Gasteiger partial charge is 0.322 e. The van der Waals surface area contributed by atoms with Gasteiger partial charge in [-0.2, -0.15) is 4.31 Å². The van der Waals surface area contributed by atoms with Crippen LogP contribution in [0.5, 0.6) is 0 Å². The van der Waals surface area contributed by atoms with Crippen molar-refractivity contribution < 1.29 is 22.8 Å². The minimum absolute atomic E-state index is 0.126. The Hall–Kier alpha value is -2.46. The molecule has 3 aliphatic rings. The molecular weight excluding hydrogens is 432 g/mol. The number of nitrogens with zero attached hydrogens (tertiary/aromatic N) is 2. The summed E-state index contributed by atoms with van der Waals surface area (Å²) >= 11 is 0. The number of likely N-dealkylation sites (tertiary alicyclic amines) is 1. The molecule has 1 aromatic carbocycles. The molecule has 4 atom stereocenters. The Morgan fingerprint density at radius 2 is 1.81 bits per heavy atom. The molecule has 174 valence electrons. The highest BCUT2D eigenvalue weighted by atomic mass is 32.2. The molecule has 10 heteroatoms. The van der Waals surface area contributed by atoms with Gasteiger partial charge in [0.15, 0.2) is 0 Å². The molecule has 3 fully saturated rings. The molecular formula is C22H30N4O5S. The fourth-order valence-corrected chi connectivity index (χ4v) is 6.88. The fourth-order valence-electron chi connectivity index (χ4n) is 5.15. The Labute approximate surface area is 188 Å². The van der Waals surface area contributed by atoms with Crippen LogP contribution in [0.15, 0.2) is 29.2 Å². The molecule has 9 nitrogen and oxygen atoms in total. The highest BCUT2D eigenvalue weighted by Crippen LogP contribution is 2.28. The molecule has 1 aromatic rings. The molecule has 0 saturated carbocycles. The molecule has 3 heterocycles. The van der Waals surface area contributed by atoms with Gasteiger partial charge in [-0.3, -0.25) is 14.9 Å². The second-order valence-corrected chi connectivity index (χ2v) is 11.3. The minimum Gasteiger partial charge on any atom is -0.338 e. The van der Waals surface area contributed by atoms with Gasteiger partial charge in [0.1, 0.15) is 6.04 Å². The van der Waals surface area contributed by atoms with E-state index in [9.17, 15) is 22.8 Å². The monoisotopic (exact) mass is 462 g/mol. The zero-order chi connectivity index (χ0) is 23.0. The van der Waals surface area contributed by atoms with E-state index in [4.69, 9.17) is 0 Å². The first-order chi connectivity index (χ1) is 15.1. The first kappa shape index (κ1) is 22.7. The number of imide groups is 1. The van der Waals surface area contributed by atoms with E-state index in [1.807, 2.05) is 0 Å². The van der Waals surface area contributed by atoms with Crippen molar-refractivity contribution in [1.82, 2.24) is 19.8 Å². The molecule has 0 unspecified atom stereocenters. The van der Waals surface area contributed by atoms with Crippen molar-refractivity contribution in [3.8, 4) is 0 Å². The first-order valence-corrected chi connectivity index (χ1v) is 12.6. The number of hydrogen-bond acceptors (Lipinski definition) is 5. The summed E-state index contributed by atoms with van der Waals surface area (Å²) < 4.78 is 28.0. The number of carbonyl (C=O) groups is 3. The van der Waals surface area contributed by atoms with Gasteiger partial charge in [-0.1, -0.05) is 19.9 Å². The van der Waals surface area contributed by atoms with Gasteiger partial charge in [-0.05, 0) is 49.3 Å². The van der Waals surface area contributed by atoms with Gasteiger partial charge in [-0.15, -0.1) is 0 Å². The van der Waals surface area contributed by atoms with E-state index < -0.39 is 22.1 Å². The summed E-state index contributed by atoms with van der Waals surface area (Å²) in [5.41, 5.74) is 0.310. The van der Waals surface area contributed by atoms with Gasteiger partial charge in [-0.25, -0.2) is 13.2 Å². The maximum atomic E-state index is 13.2. The average molecular weight is 463 g/mol. The van der Waals surface area contributed by atoms with E-state index in [2.05, 4.69) is 24.5 Å². The Morgan fingerprint density at radius 1 is 1.09 bits per heavy atom. The summed E-state index contributed by atoms with van der Waals surface area (Å²) in [5.74, 6) is -0.236. The van der Waals surface area contributed by atoms with Crippen LogP contribution >= 0.6 is 0 Å². The van der Waals surface area contributed by atoms with E-state index in [-0.39, 0.29) is 34.5 Å². The molecule has 32 heavy (non-hydrogen) atoms. The maximum absolute atomic E-state index is 13.2.